The van der Waals surface area contributed by atoms with E-state index in [1.807, 2.05) is 4.90 Å². The summed E-state index contributed by atoms with van der Waals surface area (Å²) in [5.41, 5.74) is 3.70. The van der Waals surface area contributed by atoms with E-state index in [1.165, 1.54) is 24.0 Å². The van der Waals surface area contributed by atoms with Gasteiger partial charge in [-0.15, -0.1) is 0 Å². The highest BCUT2D eigenvalue weighted by molar-refractivity contribution is 5.79. The molecule has 1 aromatic carbocycles. The summed E-state index contributed by atoms with van der Waals surface area (Å²) in [6.45, 7) is 6.09. The van der Waals surface area contributed by atoms with Crippen LogP contribution in [0.2, 0.25) is 0 Å². The van der Waals surface area contributed by atoms with E-state index in [0.717, 1.165) is 18.7 Å². The van der Waals surface area contributed by atoms with Crippen molar-refractivity contribution in [2.45, 2.75) is 33.1 Å². The molecule has 0 bridgehead atoms. The Labute approximate surface area is 97.3 Å². The second kappa shape index (κ2) is 4.69. The van der Waals surface area contributed by atoms with Crippen molar-refractivity contribution < 1.29 is 4.79 Å². The predicted molar refractivity (Wildman–Crippen MR) is 65.4 cm³/mol. The lowest BCUT2D eigenvalue weighted by Crippen LogP contribution is -2.29. The number of aryl methyl sites for hydroxylation is 2. The molecule has 1 amide bonds. The van der Waals surface area contributed by atoms with Crippen LogP contribution in [-0.2, 0) is 11.2 Å². The highest BCUT2D eigenvalue weighted by atomic mass is 16.2. The van der Waals surface area contributed by atoms with E-state index < -0.39 is 0 Å². The number of hydrogen-bond acceptors (Lipinski definition) is 1. The quantitative estimate of drug-likeness (QED) is 0.745. The molecule has 1 aliphatic rings. The lowest BCUT2D eigenvalue weighted by Gasteiger charge is -2.15. The van der Waals surface area contributed by atoms with Crippen LogP contribution in [0.1, 0.15) is 29.5 Å². The van der Waals surface area contributed by atoms with Crippen molar-refractivity contribution in [2.24, 2.45) is 0 Å². The summed E-state index contributed by atoms with van der Waals surface area (Å²) in [6.07, 6.45) is 2.89. The predicted octanol–water partition coefficient (Wildman–Crippen LogP) is 2.47. The first-order valence-corrected chi connectivity index (χ1v) is 6.01. The van der Waals surface area contributed by atoms with Gasteiger partial charge in [0.2, 0.25) is 5.91 Å². The van der Waals surface area contributed by atoms with Gasteiger partial charge in [-0.2, -0.15) is 0 Å². The minimum Gasteiger partial charge on any atom is -0.342 e. The Kier molecular flexibility index (Phi) is 3.28. The van der Waals surface area contributed by atoms with Gasteiger partial charge in [0.15, 0.2) is 0 Å². The number of benzene rings is 1. The van der Waals surface area contributed by atoms with Gasteiger partial charge in [0, 0.05) is 13.1 Å². The van der Waals surface area contributed by atoms with Gasteiger partial charge in [0.1, 0.15) is 0 Å². The maximum absolute atomic E-state index is 11.9. The van der Waals surface area contributed by atoms with Crippen LogP contribution < -0.4 is 0 Å². The Bertz CT molecular complexity index is 392. The molecule has 0 spiro atoms. The van der Waals surface area contributed by atoms with Crippen LogP contribution in [0.4, 0.5) is 0 Å². The van der Waals surface area contributed by atoms with Gasteiger partial charge in [0.25, 0.3) is 0 Å². The number of carbonyl (C=O) groups excluding carboxylic acids is 1. The van der Waals surface area contributed by atoms with Crippen LogP contribution >= 0.6 is 0 Å². The average molecular weight is 217 g/mol. The van der Waals surface area contributed by atoms with Crippen molar-refractivity contribution in [1.29, 1.82) is 0 Å². The topological polar surface area (TPSA) is 20.3 Å². The van der Waals surface area contributed by atoms with Gasteiger partial charge >= 0.3 is 0 Å². The maximum atomic E-state index is 11.9. The molecular formula is C14H19NO. The van der Waals surface area contributed by atoms with E-state index in [1.54, 1.807) is 0 Å². The zero-order chi connectivity index (χ0) is 11.5. The fourth-order valence-corrected chi connectivity index (χ4v) is 2.17. The highest BCUT2D eigenvalue weighted by Crippen LogP contribution is 2.13. The summed E-state index contributed by atoms with van der Waals surface area (Å²) in [7, 11) is 0. The smallest absolute Gasteiger partial charge is 0.226 e. The van der Waals surface area contributed by atoms with Gasteiger partial charge in [-0.25, -0.2) is 0 Å². The standard InChI is InChI=1S/C14H19NO/c1-11-5-6-13(9-12(11)2)10-14(16)15-7-3-4-8-15/h5-6,9H,3-4,7-8,10H2,1-2H3. The van der Waals surface area contributed by atoms with Crippen molar-refractivity contribution in [3.63, 3.8) is 0 Å². The summed E-state index contributed by atoms with van der Waals surface area (Å²) < 4.78 is 0. The summed E-state index contributed by atoms with van der Waals surface area (Å²) >= 11 is 0. The van der Waals surface area contributed by atoms with Crippen molar-refractivity contribution >= 4 is 5.91 Å². The molecule has 0 saturated carbocycles. The van der Waals surface area contributed by atoms with Gasteiger partial charge < -0.3 is 4.90 Å². The Balaban J connectivity index is 2.02. The number of likely N-dealkylation sites (tertiary alicyclic amines) is 1. The van der Waals surface area contributed by atoms with E-state index in [9.17, 15) is 4.79 Å². The molecule has 1 aromatic rings. The molecular weight excluding hydrogens is 198 g/mol. The van der Waals surface area contributed by atoms with Crippen LogP contribution in [0.25, 0.3) is 0 Å². The third kappa shape index (κ3) is 2.43. The number of amides is 1. The maximum Gasteiger partial charge on any atom is 0.226 e. The van der Waals surface area contributed by atoms with E-state index in [2.05, 4.69) is 32.0 Å². The van der Waals surface area contributed by atoms with E-state index in [4.69, 9.17) is 0 Å². The molecule has 1 heterocycles. The third-order valence-electron chi connectivity index (χ3n) is 3.39. The van der Waals surface area contributed by atoms with Crippen molar-refractivity contribution in [3.05, 3.63) is 34.9 Å². The normalized spacial score (nSPS) is 15.5. The summed E-state index contributed by atoms with van der Waals surface area (Å²) in [6, 6.07) is 6.29. The van der Waals surface area contributed by atoms with E-state index in [-0.39, 0.29) is 5.91 Å². The Morgan fingerprint density at radius 1 is 1.19 bits per heavy atom. The lowest BCUT2D eigenvalue weighted by molar-refractivity contribution is -0.129. The van der Waals surface area contributed by atoms with E-state index >= 15 is 0 Å². The first kappa shape index (κ1) is 11.2. The van der Waals surface area contributed by atoms with Gasteiger partial charge in [-0.3, -0.25) is 4.79 Å². The Morgan fingerprint density at radius 3 is 2.50 bits per heavy atom. The number of rotatable bonds is 2. The SMILES string of the molecule is Cc1ccc(CC(=O)N2CCCC2)cc1C. The fraction of sp³-hybridized carbons (Fsp3) is 0.500. The first-order valence-electron chi connectivity index (χ1n) is 6.01. The molecule has 1 saturated heterocycles. The minimum absolute atomic E-state index is 0.278. The number of nitrogens with zero attached hydrogens (tertiary/aromatic N) is 1. The zero-order valence-corrected chi connectivity index (χ0v) is 10.1. The Hall–Kier alpha value is -1.31. The molecule has 2 heteroatoms. The molecule has 16 heavy (non-hydrogen) atoms. The molecule has 0 N–H and O–H groups in total. The van der Waals surface area contributed by atoms with Gasteiger partial charge in [-0.05, 0) is 43.4 Å². The number of hydrogen-bond donors (Lipinski definition) is 0. The largest absolute Gasteiger partial charge is 0.342 e. The van der Waals surface area contributed by atoms with Gasteiger partial charge in [0.05, 0.1) is 6.42 Å². The molecule has 1 aliphatic heterocycles. The van der Waals surface area contributed by atoms with Crippen molar-refractivity contribution in [1.82, 2.24) is 4.90 Å². The van der Waals surface area contributed by atoms with Crippen LogP contribution in [0.5, 0.6) is 0 Å². The minimum atomic E-state index is 0.278. The molecule has 2 rings (SSSR count). The molecule has 0 aromatic heterocycles. The third-order valence-corrected chi connectivity index (χ3v) is 3.39. The Morgan fingerprint density at radius 2 is 1.88 bits per heavy atom. The molecule has 86 valence electrons. The molecule has 0 atom stereocenters. The molecule has 2 nitrogen and oxygen atoms in total. The molecule has 1 fully saturated rings. The summed E-state index contributed by atoms with van der Waals surface area (Å²) in [4.78, 5) is 13.9. The second-order valence-corrected chi connectivity index (χ2v) is 4.68. The van der Waals surface area contributed by atoms with Crippen LogP contribution in [0.15, 0.2) is 18.2 Å². The fourth-order valence-electron chi connectivity index (χ4n) is 2.17. The number of carbonyl (C=O) groups is 1. The molecule has 0 aliphatic carbocycles. The second-order valence-electron chi connectivity index (χ2n) is 4.68. The summed E-state index contributed by atoms with van der Waals surface area (Å²) in [5.74, 6) is 0.278. The van der Waals surface area contributed by atoms with Gasteiger partial charge in [-0.1, -0.05) is 18.2 Å². The zero-order valence-electron chi connectivity index (χ0n) is 10.1. The van der Waals surface area contributed by atoms with Crippen molar-refractivity contribution in [2.75, 3.05) is 13.1 Å². The van der Waals surface area contributed by atoms with Crippen LogP contribution in [0.3, 0.4) is 0 Å². The monoisotopic (exact) mass is 217 g/mol. The summed E-state index contributed by atoms with van der Waals surface area (Å²) in [5, 5.41) is 0. The van der Waals surface area contributed by atoms with Crippen LogP contribution in [0, 0.1) is 13.8 Å². The van der Waals surface area contributed by atoms with Crippen molar-refractivity contribution in [3.8, 4) is 0 Å². The molecule has 0 unspecified atom stereocenters. The van der Waals surface area contributed by atoms with E-state index in [0.29, 0.717) is 6.42 Å². The molecule has 0 radical (unpaired) electrons. The highest BCUT2D eigenvalue weighted by Gasteiger charge is 2.17. The first-order chi connectivity index (χ1) is 7.66. The average Bonchev–Trinajstić information content (AvgIpc) is 2.77. The van der Waals surface area contributed by atoms with Crippen LogP contribution in [-0.4, -0.2) is 23.9 Å². The lowest BCUT2D eigenvalue weighted by atomic mass is 10.0.